The van der Waals surface area contributed by atoms with Gasteiger partial charge in [-0.2, -0.15) is 0 Å². The first kappa shape index (κ1) is 15.6. The summed E-state index contributed by atoms with van der Waals surface area (Å²) >= 11 is 0. The second-order valence-corrected chi connectivity index (χ2v) is 7.46. The minimum Gasteiger partial charge on any atom is -0.495 e. The fourth-order valence-electron chi connectivity index (χ4n) is 2.73. The molecule has 0 heterocycles. The second kappa shape index (κ2) is 5.88. The molecule has 8 heteroatoms. The molecule has 0 spiro atoms. The zero-order chi connectivity index (χ0) is 15.6. The van der Waals surface area contributed by atoms with E-state index in [2.05, 4.69) is 5.32 Å². The van der Waals surface area contributed by atoms with Crippen LogP contribution in [0.25, 0.3) is 0 Å². The Bertz CT molecular complexity index is 644. The normalized spacial score (nSPS) is 22.0. The number of methoxy groups -OCH3 is 1. The van der Waals surface area contributed by atoms with Crippen LogP contribution in [0.4, 0.5) is 11.4 Å². The molecule has 0 amide bonds. The Labute approximate surface area is 123 Å². The van der Waals surface area contributed by atoms with Gasteiger partial charge in [-0.3, -0.25) is 10.1 Å². The van der Waals surface area contributed by atoms with Crippen molar-refractivity contribution in [3.63, 3.8) is 0 Å². The smallest absolute Gasteiger partial charge is 0.271 e. The van der Waals surface area contributed by atoms with E-state index < -0.39 is 20.0 Å². The molecule has 0 bridgehead atoms. The van der Waals surface area contributed by atoms with Crippen LogP contribution in [-0.4, -0.2) is 38.0 Å². The van der Waals surface area contributed by atoms with Gasteiger partial charge in [0.15, 0.2) is 9.84 Å². The van der Waals surface area contributed by atoms with Gasteiger partial charge >= 0.3 is 0 Å². The average molecular weight is 314 g/mol. The van der Waals surface area contributed by atoms with Gasteiger partial charge in [-0.05, 0) is 25.3 Å². The van der Waals surface area contributed by atoms with Crippen molar-refractivity contribution in [1.29, 1.82) is 0 Å². The number of hydrogen-bond donors (Lipinski definition) is 1. The van der Waals surface area contributed by atoms with Crippen LogP contribution in [0.1, 0.15) is 19.3 Å². The Balaban J connectivity index is 2.29. The Morgan fingerprint density at radius 3 is 2.67 bits per heavy atom. The molecule has 1 aromatic rings. The molecule has 1 aliphatic rings. The van der Waals surface area contributed by atoms with Crippen LogP contribution < -0.4 is 10.1 Å². The van der Waals surface area contributed by atoms with E-state index >= 15 is 0 Å². The van der Waals surface area contributed by atoms with E-state index in [1.165, 1.54) is 31.6 Å². The van der Waals surface area contributed by atoms with Crippen molar-refractivity contribution in [2.24, 2.45) is 0 Å². The first-order chi connectivity index (χ1) is 9.82. The lowest BCUT2D eigenvalue weighted by Crippen LogP contribution is -2.34. The summed E-state index contributed by atoms with van der Waals surface area (Å²) in [6.45, 7) is 0. The topological polar surface area (TPSA) is 98.5 Å². The summed E-state index contributed by atoms with van der Waals surface area (Å²) in [6.07, 6.45) is 3.35. The Morgan fingerprint density at radius 2 is 2.10 bits per heavy atom. The number of benzene rings is 1. The van der Waals surface area contributed by atoms with Gasteiger partial charge in [-0.15, -0.1) is 0 Å². The zero-order valence-electron chi connectivity index (χ0n) is 11.9. The van der Waals surface area contributed by atoms with E-state index in [-0.39, 0.29) is 11.7 Å². The molecule has 0 aromatic heterocycles. The van der Waals surface area contributed by atoms with E-state index in [1.54, 1.807) is 0 Å². The maximum absolute atomic E-state index is 11.8. The summed E-state index contributed by atoms with van der Waals surface area (Å²) in [4.78, 5) is 10.4. The average Bonchev–Trinajstić information content (AvgIpc) is 2.86. The summed E-state index contributed by atoms with van der Waals surface area (Å²) in [6, 6.07) is 3.98. The zero-order valence-corrected chi connectivity index (χ0v) is 12.7. The predicted octanol–water partition coefficient (Wildman–Crippen LogP) is 1.98. The van der Waals surface area contributed by atoms with Crippen molar-refractivity contribution < 1.29 is 18.1 Å². The van der Waals surface area contributed by atoms with E-state index in [1.807, 2.05) is 0 Å². The van der Waals surface area contributed by atoms with Crippen molar-refractivity contribution in [3.05, 3.63) is 28.3 Å². The fraction of sp³-hybridized carbons (Fsp3) is 0.538. The quantitative estimate of drug-likeness (QED) is 0.659. The monoisotopic (exact) mass is 314 g/mol. The summed E-state index contributed by atoms with van der Waals surface area (Å²) in [7, 11) is -1.69. The molecule has 0 radical (unpaired) electrons. The molecule has 2 rings (SSSR count). The van der Waals surface area contributed by atoms with Gasteiger partial charge in [0.05, 0.1) is 23.0 Å². The van der Waals surface area contributed by atoms with Crippen LogP contribution in [0.15, 0.2) is 18.2 Å². The highest BCUT2D eigenvalue weighted by Gasteiger charge is 2.35. The molecule has 7 nitrogen and oxygen atoms in total. The summed E-state index contributed by atoms with van der Waals surface area (Å²) in [5, 5.41) is 13.5. The largest absolute Gasteiger partial charge is 0.495 e. The number of nitrogens with zero attached hydrogens (tertiary/aromatic N) is 1. The van der Waals surface area contributed by atoms with Crippen LogP contribution in [-0.2, 0) is 9.84 Å². The Morgan fingerprint density at radius 1 is 1.38 bits per heavy atom. The number of sulfone groups is 1. The Kier molecular flexibility index (Phi) is 4.36. The molecule has 1 aliphatic carbocycles. The third-order valence-electron chi connectivity index (χ3n) is 3.74. The van der Waals surface area contributed by atoms with Crippen molar-refractivity contribution in [2.45, 2.75) is 30.6 Å². The van der Waals surface area contributed by atoms with Gasteiger partial charge in [0.25, 0.3) is 5.69 Å². The number of nitrogens with one attached hydrogen (secondary N) is 1. The van der Waals surface area contributed by atoms with E-state index in [4.69, 9.17) is 4.74 Å². The third-order valence-corrected chi connectivity index (χ3v) is 5.40. The maximum Gasteiger partial charge on any atom is 0.271 e. The number of nitro groups is 1. The highest BCUT2D eigenvalue weighted by atomic mass is 32.2. The minimum absolute atomic E-state index is 0.0628. The molecule has 0 aliphatic heterocycles. The van der Waals surface area contributed by atoms with E-state index in [0.717, 1.165) is 6.42 Å². The number of rotatable bonds is 5. The van der Waals surface area contributed by atoms with Gasteiger partial charge in [0.1, 0.15) is 5.75 Å². The van der Waals surface area contributed by atoms with Crippen LogP contribution in [0.2, 0.25) is 0 Å². The maximum atomic E-state index is 11.8. The van der Waals surface area contributed by atoms with Gasteiger partial charge in [0, 0.05) is 24.4 Å². The highest BCUT2D eigenvalue weighted by molar-refractivity contribution is 7.91. The van der Waals surface area contributed by atoms with Gasteiger partial charge in [-0.1, -0.05) is 0 Å². The number of non-ortho nitro benzene ring substituents is 1. The van der Waals surface area contributed by atoms with E-state index in [9.17, 15) is 18.5 Å². The number of nitro benzene ring substituents is 1. The minimum atomic E-state index is -3.16. The van der Waals surface area contributed by atoms with Crippen LogP contribution in [0, 0.1) is 10.1 Å². The molecule has 0 saturated heterocycles. The lowest BCUT2D eigenvalue weighted by atomic mass is 10.2. The first-order valence-corrected chi connectivity index (χ1v) is 8.56. The Hall–Kier alpha value is -1.83. The molecule has 1 saturated carbocycles. The SMILES string of the molecule is COc1ccc([N+](=O)[O-])cc1NC1CCCC1S(C)(=O)=O. The first-order valence-electron chi connectivity index (χ1n) is 6.60. The second-order valence-electron chi connectivity index (χ2n) is 5.19. The summed E-state index contributed by atoms with van der Waals surface area (Å²) in [5.41, 5.74) is 0.388. The highest BCUT2D eigenvalue weighted by Crippen LogP contribution is 2.33. The number of ether oxygens (including phenoxy) is 1. The predicted molar refractivity (Wildman–Crippen MR) is 79.5 cm³/mol. The van der Waals surface area contributed by atoms with Crippen LogP contribution in [0.3, 0.4) is 0 Å². The van der Waals surface area contributed by atoms with Crippen molar-refractivity contribution >= 4 is 21.2 Å². The van der Waals surface area contributed by atoms with Gasteiger partial charge in [0.2, 0.25) is 0 Å². The fourth-order valence-corrected chi connectivity index (χ4v) is 4.12. The molecule has 116 valence electrons. The lowest BCUT2D eigenvalue weighted by molar-refractivity contribution is -0.384. The third kappa shape index (κ3) is 3.44. The van der Waals surface area contributed by atoms with Crippen molar-refractivity contribution in [3.8, 4) is 5.75 Å². The van der Waals surface area contributed by atoms with Crippen molar-refractivity contribution in [1.82, 2.24) is 0 Å². The molecule has 21 heavy (non-hydrogen) atoms. The van der Waals surface area contributed by atoms with Crippen LogP contribution in [0.5, 0.6) is 5.75 Å². The summed E-state index contributed by atoms with van der Waals surface area (Å²) in [5.74, 6) is 0.458. The van der Waals surface area contributed by atoms with Crippen molar-refractivity contribution in [2.75, 3.05) is 18.7 Å². The lowest BCUT2D eigenvalue weighted by Gasteiger charge is -2.21. The van der Waals surface area contributed by atoms with Crippen LogP contribution >= 0.6 is 0 Å². The van der Waals surface area contributed by atoms with Gasteiger partial charge < -0.3 is 10.1 Å². The number of hydrogen-bond acceptors (Lipinski definition) is 6. The molecule has 2 unspecified atom stereocenters. The molecule has 1 N–H and O–H groups in total. The molecular weight excluding hydrogens is 296 g/mol. The molecule has 1 fully saturated rings. The van der Waals surface area contributed by atoms with E-state index in [0.29, 0.717) is 24.3 Å². The number of anilines is 1. The molecule has 2 atom stereocenters. The van der Waals surface area contributed by atoms with Gasteiger partial charge in [-0.25, -0.2) is 8.42 Å². The molecule has 1 aromatic carbocycles. The summed E-state index contributed by atoms with van der Waals surface area (Å²) < 4.78 is 28.7. The molecular formula is C13H18N2O5S. The standard InChI is InChI=1S/C13H18N2O5S/c1-20-12-7-6-9(15(16)17)8-11(12)14-10-4-3-5-13(10)21(2,18)19/h6-8,10,13-14H,3-5H2,1-2H3.